The molecule has 0 bridgehead atoms. The molecule has 1 amide bonds. The summed E-state index contributed by atoms with van der Waals surface area (Å²) in [4.78, 5) is 14.2. The molecular formula is C15H20ClFN2O2. The highest BCUT2D eigenvalue weighted by Crippen LogP contribution is 2.25. The Morgan fingerprint density at radius 3 is 2.90 bits per heavy atom. The first-order valence-electron chi connectivity index (χ1n) is 7.11. The summed E-state index contributed by atoms with van der Waals surface area (Å²) in [7, 11) is 0. The molecule has 2 atom stereocenters. The number of carbonyl (C=O) groups excluding carboxylic acids is 1. The van der Waals surface area contributed by atoms with E-state index in [0.717, 1.165) is 19.5 Å². The summed E-state index contributed by atoms with van der Waals surface area (Å²) in [5, 5.41) is 3.21. The number of hydrogen-bond acceptors (Lipinski definition) is 3. The van der Waals surface area contributed by atoms with Gasteiger partial charge in [0.05, 0.1) is 19.1 Å². The van der Waals surface area contributed by atoms with E-state index in [4.69, 9.17) is 4.74 Å². The number of carbonyl (C=O) groups is 1. The molecule has 2 heterocycles. The number of ether oxygens (including phenoxy) is 1. The van der Waals surface area contributed by atoms with Crippen molar-refractivity contribution >= 4 is 18.3 Å². The van der Waals surface area contributed by atoms with Crippen LogP contribution in [0, 0.1) is 11.7 Å². The third-order valence-electron chi connectivity index (χ3n) is 4.04. The van der Waals surface area contributed by atoms with Crippen molar-refractivity contribution in [2.45, 2.75) is 12.5 Å². The highest BCUT2D eigenvalue weighted by Gasteiger charge is 2.32. The molecule has 2 fully saturated rings. The summed E-state index contributed by atoms with van der Waals surface area (Å²) >= 11 is 0. The molecule has 1 N–H and O–H groups in total. The van der Waals surface area contributed by atoms with Gasteiger partial charge in [-0.3, -0.25) is 4.79 Å². The van der Waals surface area contributed by atoms with E-state index in [9.17, 15) is 9.18 Å². The predicted molar refractivity (Wildman–Crippen MR) is 79.9 cm³/mol. The maximum atomic E-state index is 13.8. The van der Waals surface area contributed by atoms with E-state index in [1.807, 2.05) is 4.90 Å². The number of nitrogens with zero attached hydrogens (tertiary/aromatic N) is 1. The fourth-order valence-corrected chi connectivity index (χ4v) is 2.90. The predicted octanol–water partition coefficient (Wildman–Crippen LogP) is 1.76. The maximum Gasteiger partial charge on any atom is 0.227 e. The zero-order valence-electron chi connectivity index (χ0n) is 11.8. The Kier molecular flexibility index (Phi) is 5.56. The van der Waals surface area contributed by atoms with Crippen LogP contribution in [0.3, 0.4) is 0 Å². The van der Waals surface area contributed by atoms with Gasteiger partial charge in [-0.15, -0.1) is 12.4 Å². The standard InChI is InChI=1S/C15H19FN2O2.ClH/c16-13-4-2-1-3-12(13)14-10-18(7-8-20-14)15(19)11-5-6-17-9-11;/h1-4,11,14,17H,5-10H2;1H. The van der Waals surface area contributed by atoms with Crippen molar-refractivity contribution in [3.8, 4) is 0 Å². The molecule has 21 heavy (non-hydrogen) atoms. The highest BCUT2D eigenvalue weighted by molar-refractivity contribution is 5.85. The van der Waals surface area contributed by atoms with Crippen LogP contribution >= 0.6 is 12.4 Å². The second-order valence-electron chi connectivity index (χ2n) is 5.35. The normalized spacial score (nSPS) is 25.5. The maximum absolute atomic E-state index is 13.8. The van der Waals surface area contributed by atoms with Crippen molar-refractivity contribution < 1.29 is 13.9 Å². The van der Waals surface area contributed by atoms with E-state index >= 15 is 0 Å². The molecule has 2 unspecified atom stereocenters. The number of nitrogens with one attached hydrogen (secondary N) is 1. The van der Waals surface area contributed by atoms with Crippen LogP contribution in [-0.4, -0.2) is 43.6 Å². The third-order valence-corrected chi connectivity index (χ3v) is 4.04. The first kappa shape index (κ1) is 16.2. The lowest BCUT2D eigenvalue weighted by atomic mass is 10.0. The van der Waals surface area contributed by atoms with Crippen molar-refractivity contribution in [2.24, 2.45) is 5.92 Å². The van der Waals surface area contributed by atoms with E-state index < -0.39 is 0 Å². The molecule has 0 radical (unpaired) electrons. The number of rotatable bonds is 2. The van der Waals surface area contributed by atoms with Crippen LogP contribution in [-0.2, 0) is 9.53 Å². The molecule has 2 saturated heterocycles. The van der Waals surface area contributed by atoms with Crippen molar-refractivity contribution in [3.63, 3.8) is 0 Å². The average molecular weight is 315 g/mol. The molecule has 2 aliphatic heterocycles. The monoisotopic (exact) mass is 314 g/mol. The number of halogens is 2. The Hall–Kier alpha value is -1.17. The number of morpholine rings is 1. The second-order valence-corrected chi connectivity index (χ2v) is 5.35. The minimum Gasteiger partial charge on any atom is -0.370 e. The van der Waals surface area contributed by atoms with Crippen LogP contribution < -0.4 is 5.32 Å². The Morgan fingerprint density at radius 2 is 2.19 bits per heavy atom. The van der Waals surface area contributed by atoms with E-state index in [1.165, 1.54) is 6.07 Å². The van der Waals surface area contributed by atoms with Crippen LogP contribution in [0.2, 0.25) is 0 Å². The first-order chi connectivity index (χ1) is 9.75. The summed E-state index contributed by atoms with van der Waals surface area (Å²) in [5.74, 6) is -0.0386. The van der Waals surface area contributed by atoms with Crippen LogP contribution in [0.15, 0.2) is 24.3 Å². The summed E-state index contributed by atoms with van der Waals surface area (Å²) in [6, 6.07) is 6.61. The molecular weight excluding hydrogens is 295 g/mol. The lowest BCUT2D eigenvalue weighted by molar-refractivity contribution is -0.142. The Bertz CT molecular complexity index is 494. The largest absolute Gasteiger partial charge is 0.370 e. The fourth-order valence-electron chi connectivity index (χ4n) is 2.90. The molecule has 0 aliphatic carbocycles. The molecule has 116 valence electrons. The topological polar surface area (TPSA) is 41.6 Å². The van der Waals surface area contributed by atoms with Crippen molar-refractivity contribution in [3.05, 3.63) is 35.6 Å². The lowest BCUT2D eigenvalue weighted by Gasteiger charge is -2.34. The van der Waals surface area contributed by atoms with Gasteiger partial charge in [0.15, 0.2) is 0 Å². The molecule has 0 saturated carbocycles. The average Bonchev–Trinajstić information content (AvgIpc) is 3.01. The Labute approximate surface area is 130 Å². The molecule has 3 rings (SSSR count). The molecule has 0 aromatic heterocycles. The van der Waals surface area contributed by atoms with Gasteiger partial charge in [-0.2, -0.15) is 0 Å². The van der Waals surface area contributed by atoms with Gasteiger partial charge < -0.3 is 15.0 Å². The summed E-state index contributed by atoms with van der Waals surface area (Å²) < 4.78 is 19.4. The van der Waals surface area contributed by atoms with Gasteiger partial charge in [-0.1, -0.05) is 18.2 Å². The van der Waals surface area contributed by atoms with Gasteiger partial charge in [0.1, 0.15) is 11.9 Å². The summed E-state index contributed by atoms with van der Waals surface area (Å²) in [6.07, 6.45) is 0.531. The lowest BCUT2D eigenvalue weighted by Crippen LogP contribution is -2.45. The van der Waals surface area contributed by atoms with Gasteiger partial charge in [0, 0.05) is 18.7 Å². The van der Waals surface area contributed by atoms with Gasteiger partial charge >= 0.3 is 0 Å². The van der Waals surface area contributed by atoms with E-state index in [2.05, 4.69) is 5.32 Å². The van der Waals surface area contributed by atoms with Crippen LogP contribution in [0.25, 0.3) is 0 Å². The highest BCUT2D eigenvalue weighted by atomic mass is 35.5. The molecule has 1 aromatic carbocycles. The van der Waals surface area contributed by atoms with Gasteiger partial charge in [-0.25, -0.2) is 4.39 Å². The Morgan fingerprint density at radius 1 is 1.38 bits per heavy atom. The first-order valence-corrected chi connectivity index (χ1v) is 7.11. The molecule has 1 aromatic rings. The number of hydrogen-bond donors (Lipinski definition) is 1. The van der Waals surface area contributed by atoms with Crippen LogP contribution in [0.1, 0.15) is 18.1 Å². The zero-order valence-corrected chi connectivity index (χ0v) is 12.6. The molecule has 6 heteroatoms. The number of amides is 1. The third kappa shape index (κ3) is 3.54. The molecule has 4 nitrogen and oxygen atoms in total. The van der Waals surface area contributed by atoms with Gasteiger partial charge in [-0.05, 0) is 19.0 Å². The minimum absolute atomic E-state index is 0. The molecule has 2 aliphatic rings. The van der Waals surface area contributed by atoms with Gasteiger partial charge in [0.2, 0.25) is 5.91 Å². The Balaban J connectivity index is 0.00000161. The van der Waals surface area contributed by atoms with Crippen molar-refractivity contribution in [1.29, 1.82) is 0 Å². The van der Waals surface area contributed by atoms with E-state index in [1.54, 1.807) is 18.2 Å². The van der Waals surface area contributed by atoms with E-state index in [-0.39, 0.29) is 36.2 Å². The number of benzene rings is 1. The summed E-state index contributed by atoms with van der Waals surface area (Å²) in [6.45, 7) is 3.15. The smallest absolute Gasteiger partial charge is 0.227 e. The SMILES string of the molecule is Cl.O=C(C1CCNC1)N1CCOC(c2ccccc2F)C1. The quantitative estimate of drug-likeness (QED) is 0.904. The second kappa shape index (κ2) is 7.20. The minimum atomic E-state index is -0.358. The van der Waals surface area contributed by atoms with Crippen molar-refractivity contribution in [1.82, 2.24) is 10.2 Å². The zero-order chi connectivity index (χ0) is 13.9. The summed E-state index contributed by atoms with van der Waals surface area (Å²) in [5.41, 5.74) is 0.537. The fraction of sp³-hybridized carbons (Fsp3) is 0.533. The van der Waals surface area contributed by atoms with Crippen molar-refractivity contribution in [2.75, 3.05) is 32.8 Å². The van der Waals surface area contributed by atoms with Gasteiger partial charge in [0.25, 0.3) is 0 Å². The molecule has 0 spiro atoms. The van der Waals surface area contributed by atoms with Crippen LogP contribution in [0.4, 0.5) is 4.39 Å². The van der Waals surface area contributed by atoms with Crippen LogP contribution in [0.5, 0.6) is 0 Å². The van der Waals surface area contributed by atoms with E-state index in [0.29, 0.717) is 25.3 Å².